The average Bonchev–Trinajstić information content (AvgIpc) is 3.60. The Hall–Kier alpha value is -5.55. The molecule has 0 aliphatic heterocycles. The van der Waals surface area contributed by atoms with Crippen LogP contribution in [0, 0.1) is 23.0 Å². The van der Waals surface area contributed by atoms with Crippen molar-refractivity contribution in [3.05, 3.63) is 83.7 Å². The van der Waals surface area contributed by atoms with Crippen molar-refractivity contribution in [3.63, 3.8) is 0 Å². The van der Waals surface area contributed by atoms with E-state index in [1.165, 1.54) is 6.92 Å². The minimum Gasteiger partial charge on any atom is -0.481 e. The van der Waals surface area contributed by atoms with Gasteiger partial charge in [-0.25, -0.2) is 18.4 Å². The largest absolute Gasteiger partial charge is 0.490 e. The first-order valence-electron chi connectivity index (χ1n) is 20.1. The van der Waals surface area contributed by atoms with Gasteiger partial charge in [0.2, 0.25) is 11.8 Å². The van der Waals surface area contributed by atoms with E-state index in [4.69, 9.17) is 31.3 Å². The van der Waals surface area contributed by atoms with Crippen LogP contribution in [-0.2, 0) is 35.3 Å². The van der Waals surface area contributed by atoms with Crippen LogP contribution in [0.1, 0.15) is 77.1 Å². The number of nitrogens with two attached hydrogens (primary N) is 2. The molecule has 23 heteroatoms. The smallest absolute Gasteiger partial charge is 0.481 e. The van der Waals surface area contributed by atoms with E-state index in [0.29, 0.717) is 57.4 Å². The fraction of sp³-hybridized carbons (Fsp3) is 0.488. The lowest BCUT2D eigenvalue weighted by atomic mass is 9.83. The maximum Gasteiger partial charge on any atom is 0.490 e. The van der Waals surface area contributed by atoms with Crippen LogP contribution in [0.15, 0.2) is 60.8 Å². The van der Waals surface area contributed by atoms with Crippen LogP contribution in [0.3, 0.4) is 0 Å². The Balaban J connectivity index is 0.00000134. The maximum atomic E-state index is 15.1. The third-order valence-corrected chi connectivity index (χ3v) is 10.3. The molecule has 2 amide bonds. The zero-order valence-corrected chi connectivity index (χ0v) is 37.4. The number of hydrogen-bond acceptors (Lipinski definition) is 9. The minimum absolute atomic E-state index is 0.000693. The molecule has 8 N–H and O–H groups in total. The molecule has 1 heterocycles. The van der Waals surface area contributed by atoms with Gasteiger partial charge in [-0.05, 0) is 74.0 Å². The van der Waals surface area contributed by atoms with Gasteiger partial charge in [0.1, 0.15) is 11.6 Å². The quantitative estimate of drug-likeness (QED) is 0.0466. The molecule has 0 aliphatic rings. The van der Waals surface area contributed by atoms with Crippen LogP contribution >= 0.6 is 11.8 Å². The predicted molar refractivity (Wildman–Crippen MR) is 229 cm³/mol. The number of rotatable bonds is 21. The van der Waals surface area contributed by atoms with E-state index in [2.05, 4.69) is 5.32 Å². The van der Waals surface area contributed by atoms with Crippen molar-refractivity contribution in [1.82, 2.24) is 14.8 Å². The fourth-order valence-corrected chi connectivity index (χ4v) is 7.30. The zero-order chi connectivity index (χ0) is 50.6. The number of unbranched alkanes of at least 4 members (excludes halogenated alkanes) is 1. The molecular formula is C43H55F8N5O9S. The van der Waals surface area contributed by atoms with Crippen LogP contribution in [0.2, 0.25) is 0 Å². The number of thioether (sulfide) groups is 1. The lowest BCUT2D eigenvalue weighted by Gasteiger charge is -2.41. The van der Waals surface area contributed by atoms with Gasteiger partial charge in [0.05, 0.1) is 23.8 Å². The molecule has 3 aromatic rings. The summed E-state index contributed by atoms with van der Waals surface area (Å²) in [5.41, 5.74) is 13.2. The number of amides is 2. The highest BCUT2D eigenvalue weighted by atomic mass is 32.2. The lowest BCUT2D eigenvalue weighted by Crippen LogP contribution is -2.44. The molecule has 368 valence electrons. The number of Topliss-reactive ketones (excluding diaryl/α,β-unsaturated/α-hetero) is 1. The van der Waals surface area contributed by atoms with E-state index in [1.54, 1.807) is 17.2 Å². The molecule has 3 rings (SSSR count). The number of nitrogens with zero attached hydrogens (tertiary/aromatic N) is 2. The van der Waals surface area contributed by atoms with Crippen molar-refractivity contribution in [2.75, 3.05) is 31.1 Å². The summed E-state index contributed by atoms with van der Waals surface area (Å²) in [7, 11) is 0. The summed E-state index contributed by atoms with van der Waals surface area (Å²) in [5, 5.41) is 26.9. The number of carboxylic acid groups (broad SMARTS) is 3. The Morgan fingerprint density at radius 3 is 1.86 bits per heavy atom. The highest BCUT2D eigenvalue weighted by Crippen LogP contribution is 2.41. The number of carbonyl (C=O) groups is 6. The number of hydrogen-bond donors (Lipinski definition) is 6. The van der Waals surface area contributed by atoms with Gasteiger partial charge < -0.3 is 41.6 Å². The normalized spacial score (nSPS) is 12.9. The second kappa shape index (κ2) is 27.2. The maximum absolute atomic E-state index is 15.1. The number of aromatic nitrogens is 1. The van der Waals surface area contributed by atoms with E-state index in [1.807, 2.05) is 55.7 Å². The molecule has 0 bridgehead atoms. The van der Waals surface area contributed by atoms with Crippen molar-refractivity contribution in [2.24, 2.45) is 22.8 Å². The van der Waals surface area contributed by atoms with E-state index >= 15 is 4.39 Å². The van der Waals surface area contributed by atoms with Crippen molar-refractivity contribution in [2.45, 2.75) is 90.8 Å². The van der Waals surface area contributed by atoms with Crippen molar-refractivity contribution in [1.29, 1.82) is 0 Å². The second-order valence-corrected chi connectivity index (χ2v) is 16.8. The first kappa shape index (κ1) is 58.5. The number of carbonyl (C=O) groups excluding carboxylic acids is 3. The molecule has 14 nitrogen and oxygen atoms in total. The summed E-state index contributed by atoms with van der Waals surface area (Å²) >= 11 is 1.13. The topological polar surface area (TPSA) is 235 Å². The molecule has 0 unspecified atom stereocenters. The van der Waals surface area contributed by atoms with Crippen LogP contribution < -0.4 is 16.8 Å². The van der Waals surface area contributed by atoms with Crippen LogP contribution in [-0.4, -0.2) is 110 Å². The molecule has 0 saturated heterocycles. The molecule has 0 spiro atoms. The molecule has 3 atom stereocenters. The van der Waals surface area contributed by atoms with Gasteiger partial charge in [-0.3, -0.25) is 19.2 Å². The average molecular weight is 970 g/mol. The molecule has 66 heavy (non-hydrogen) atoms. The monoisotopic (exact) mass is 969 g/mol. The molecule has 0 radical (unpaired) electrons. The zero-order valence-electron chi connectivity index (χ0n) is 36.6. The minimum atomic E-state index is -5.08. The van der Waals surface area contributed by atoms with Crippen LogP contribution in [0.25, 0.3) is 11.1 Å². The number of aliphatic carboxylic acids is 3. The van der Waals surface area contributed by atoms with Crippen molar-refractivity contribution >= 4 is 47.3 Å². The Bertz CT molecular complexity index is 2040. The highest BCUT2D eigenvalue weighted by molar-refractivity contribution is 7.99. The molecule has 0 saturated carbocycles. The van der Waals surface area contributed by atoms with Gasteiger partial charge in [0.15, 0.2) is 5.78 Å². The Kier molecular flexibility index (Phi) is 24.1. The SMILES string of the molecule is CC(=O)N[C@@H](CCCCN)C(=O)C[C@@H](CSCC(=O)N(CCCN)[C@@H](c1cc(-c2cc(F)ccc2F)cn1Cc1ccccc1)C(C)(C)C)C(=O)O.O=C(O)C(F)(F)F.O=C(O)C(F)(F)F. The van der Waals surface area contributed by atoms with Crippen molar-refractivity contribution < 1.29 is 79.2 Å². The Morgan fingerprint density at radius 1 is 0.818 bits per heavy atom. The summed E-state index contributed by atoms with van der Waals surface area (Å²) < 4.78 is 94.9. The number of carboxylic acids is 3. The Labute approximate surface area is 380 Å². The van der Waals surface area contributed by atoms with Crippen molar-refractivity contribution in [3.8, 4) is 11.1 Å². The first-order chi connectivity index (χ1) is 30.5. The molecule has 2 aromatic carbocycles. The third-order valence-electron chi connectivity index (χ3n) is 9.24. The first-order valence-corrected chi connectivity index (χ1v) is 21.3. The highest BCUT2D eigenvalue weighted by Gasteiger charge is 2.40. The number of nitrogens with one attached hydrogen (secondary N) is 1. The van der Waals surface area contributed by atoms with E-state index < -0.39 is 65.3 Å². The van der Waals surface area contributed by atoms with Crippen LogP contribution in [0.4, 0.5) is 35.1 Å². The third kappa shape index (κ3) is 20.7. The Morgan fingerprint density at radius 2 is 1.38 bits per heavy atom. The molecule has 1 aromatic heterocycles. The van der Waals surface area contributed by atoms with Gasteiger partial charge in [-0.15, -0.1) is 0 Å². The number of alkyl halides is 6. The molecule has 0 fully saturated rings. The van der Waals surface area contributed by atoms with Crippen LogP contribution in [0.5, 0.6) is 0 Å². The van der Waals surface area contributed by atoms with Gasteiger partial charge >= 0.3 is 30.3 Å². The summed E-state index contributed by atoms with van der Waals surface area (Å²) in [6.45, 7) is 8.78. The molecular weight excluding hydrogens is 915 g/mol. The summed E-state index contributed by atoms with van der Waals surface area (Å²) in [6, 6.07) is 13.4. The summed E-state index contributed by atoms with van der Waals surface area (Å²) in [5.74, 6) is -9.98. The van der Waals surface area contributed by atoms with Gasteiger partial charge in [0.25, 0.3) is 0 Å². The fourth-order valence-electron chi connectivity index (χ4n) is 6.30. The van der Waals surface area contributed by atoms with Gasteiger partial charge in [-0.2, -0.15) is 38.1 Å². The van der Waals surface area contributed by atoms with E-state index in [-0.39, 0.29) is 41.1 Å². The van der Waals surface area contributed by atoms with E-state index in [9.17, 15) is 55.0 Å². The number of halogens is 8. The van der Waals surface area contributed by atoms with Gasteiger partial charge in [-0.1, -0.05) is 51.1 Å². The standard InChI is InChI=1S/C39H53F2N5O5S.2C2HF3O2/c1-26(47)44-33(13-8-9-16-42)35(48)20-29(38(50)51)24-52-25-36(49)46(18-10-17-43)37(39(2,3)4)34-19-28(31-21-30(40)14-15-32(31)41)23-45(34)22-27-11-6-5-7-12-27;2*3-2(4,5)1(6)7/h5-7,11-12,14-15,19,21,23,29,33,37H,8-10,13,16-18,20,22,24-25,42-43H2,1-4H3,(H,44,47)(H,50,51);2*(H,6,7)/t29-,33-,37-;;/m0../s1. The second-order valence-electron chi connectivity index (χ2n) is 15.8. The van der Waals surface area contributed by atoms with E-state index in [0.717, 1.165) is 41.2 Å². The lowest BCUT2D eigenvalue weighted by molar-refractivity contribution is -0.193. The number of ketones is 1. The number of benzene rings is 2. The summed E-state index contributed by atoms with van der Waals surface area (Å²) in [4.78, 5) is 70.8. The van der Waals surface area contributed by atoms with Gasteiger partial charge in [0, 0.05) is 55.2 Å². The predicted octanol–water partition coefficient (Wildman–Crippen LogP) is 7.04. The molecule has 0 aliphatic carbocycles. The summed E-state index contributed by atoms with van der Waals surface area (Å²) in [6.07, 6.45) is -6.56.